The van der Waals surface area contributed by atoms with Gasteiger partial charge >= 0.3 is 5.97 Å². The Balaban J connectivity index is 1.78. The van der Waals surface area contributed by atoms with E-state index in [0.29, 0.717) is 6.54 Å². The summed E-state index contributed by atoms with van der Waals surface area (Å²) in [5, 5.41) is 9.94. The molecule has 3 nitrogen and oxygen atoms in total. The summed E-state index contributed by atoms with van der Waals surface area (Å²) in [6, 6.07) is 35.2. The number of carboxylic acid groups (broad SMARTS) is 1. The van der Waals surface area contributed by atoms with Crippen molar-refractivity contribution in [2.24, 2.45) is 0 Å². The molecule has 0 spiro atoms. The monoisotopic (exact) mass is 463 g/mol. The third-order valence-electron chi connectivity index (χ3n) is 6.87. The molecule has 0 aliphatic carbocycles. The van der Waals surface area contributed by atoms with E-state index in [9.17, 15) is 9.90 Å². The lowest BCUT2D eigenvalue weighted by Gasteiger charge is -2.37. The van der Waals surface area contributed by atoms with Crippen LogP contribution in [0.2, 0.25) is 0 Å². The molecule has 0 bridgehead atoms. The van der Waals surface area contributed by atoms with Gasteiger partial charge in [-0.3, -0.25) is 9.69 Å². The minimum absolute atomic E-state index is 0.0282. The first kappa shape index (κ1) is 24.4. The predicted molar refractivity (Wildman–Crippen MR) is 143 cm³/mol. The van der Waals surface area contributed by atoms with Gasteiger partial charge in [-0.1, -0.05) is 97.1 Å². The minimum atomic E-state index is -0.801. The largest absolute Gasteiger partial charge is 0.481 e. The standard InChI is InChI=1S/C32H33NO2/c1-23-17-18-29(19-24(23)2)28-15-10-16-30(20-28)31(21-32(34)35)33(22-26-11-6-4-7-12-26)25(3)27-13-8-5-9-14-27/h4-20,25,31H,21-22H2,1-3H3,(H,34,35)/t25-,31?/m1/s1. The lowest BCUT2D eigenvalue weighted by atomic mass is 9.93. The zero-order valence-corrected chi connectivity index (χ0v) is 20.7. The van der Waals surface area contributed by atoms with Gasteiger partial charge in [0.25, 0.3) is 0 Å². The van der Waals surface area contributed by atoms with Crippen molar-refractivity contribution >= 4 is 5.97 Å². The molecule has 0 aliphatic rings. The van der Waals surface area contributed by atoms with Crippen LogP contribution in [0.15, 0.2) is 103 Å². The third kappa shape index (κ3) is 6.06. The molecule has 0 amide bonds. The Bertz CT molecular complexity index is 1270. The normalized spacial score (nSPS) is 12.9. The third-order valence-corrected chi connectivity index (χ3v) is 6.87. The zero-order chi connectivity index (χ0) is 24.8. The highest BCUT2D eigenvalue weighted by atomic mass is 16.4. The summed E-state index contributed by atoms with van der Waals surface area (Å²) in [5.74, 6) is -0.801. The second kappa shape index (κ2) is 11.2. The van der Waals surface area contributed by atoms with Crippen molar-refractivity contribution in [1.29, 1.82) is 0 Å². The summed E-state index contributed by atoms with van der Waals surface area (Å²) < 4.78 is 0. The molecule has 0 radical (unpaired) electrons. The molecule has 0 aliphatic heterocycles. The lowest BCUT2D eigenvalue weighted by Crippen LogP contribution is -2.32. The van der Waals surface area contributed by atoms with Gasteiger partial charge in [0.1, 0.15) is 0 Å². The zero-order valence-electron chi connectivity index (χ0n) is 20.7. The molecule has 35 heavy (non-hydrogen) atoms. The Morgan fingerprint density at radius 1 is 0.743 bits per heavy atom. The van der Waals surface area contributed by atoms with Crippen molar-refractivity contribution in [3.8, 4) is 11.1 Å². The number of carboxylic acids is 1. The van der Waals surface area contributed by atoms with Gasteiger partial charge in [-0.05, 0) is 65.8 Å². The van der Waals surface area contributed by atoms with Crippen molar-refractivity contribution in [3.05, 3.63) is 131 Å². The maximum atomic E-state index is 12.1. The SMILES string of the molecule is Cc1ccc(-c2cccc(C(CC(=O)O)N(Cc3ccccc3)[C@H](C)c3ccccc3)c2)cc1C. The molecule has 0 fully saturated rings. The number of benzene rings is 4. The molecule has 1 N–H and O–H groups in total. The van der Waals surface area contributed by atoms with Crippen molar-refractivity contribution in [3.63, 3.8) is 0 Å². The van der Waals surface area contributed by atoms with Crippen LogP contribution in [-0.2, 0) is 11.3 Å². The molecule has 0 saturated heterocycles. The Morgan fingerprint density at radius 3 is 2.03 bits per heavy atom. The average Bonchev–Trinajstić information content (AvgIpc) is 2.88. The van der Waals surface area contributed by atoms with E-state index in [1.54, 1.807) is 0 Å². The van der Waals surface area contributed by atoms with Crippen LogP contribution in [0, 0.1) is 13.8 Å². The Morgan fingerprint density at radius 2 is 1.37 bits per heavy atom. The van der Waals surface area contributed by atoms with Crippen molar-refractivity contribution in [1.82, 2.24) is 4.90 Å². The molecular weight excluding hydrogens is 430 g/mol. The van der Waals surface area contributed by atoms with E-state index in [4.69, 9.17) is 0 Å². The Labute approximate surface area is 208 Å². The van der Waals surface area contributed by atoms with Crippen LogP contribution in [0.5, 0.6) is 0 Å². The molecule has 4 rings (SSSR count). The van der Waals surface area contributed by atoms with Gasteiger partial charge in [0.15, 0.2) is 0 Å². The van der Waals surface area contributed by atoms with Crippen molar-refractivity contribution < 1.29 is 9.90 Å². The highest BCUT2D eigenvalue weighted by Gasteiger charge is 2.28. The number of hydrogen-bond donors (Lipinski definition) is 1. The molecule has 4 aromatic rings. The van der Waals surface area contributed by atoms with Gasteiger partial charge in [0.2, 0.25) is 0 Å². The molecule has 3 heteroatoms. The van der Waals surface area contributed by atoms with Crippen LogP contribution in [0.3, 0.4) is 0 Å². The van der Waals surface area contributed by atoms with E-state index >= 15 is 0 Å². The number of rotatable bonds is 9. The van der Waals surface area contributed by atoms with Gasteiger partial charge in [0, 0.05) is 18.6 Å². The summed E-state index contributed by atoms with van der Waals surface area (Å²) >= 11 is 0. The van der Waals surface area contributed by atoms with Crippen LogP contribution in [0.1, 0.15) is 53.2 Å². The quantitative estimate of drug-likeness (QED) is 0.276. The molecule has 0 saturated carbocycles. The number of nitrogens with zero attached hydrogens (tertiary/aromatic N) is 1. The van der Waals surface area contributed by atoms with Gasteiger partial charge in [0.05, 0.1) is 6.42 Å². The van der Waals surface area contributed by atoms with E-state index in [1.807, 2.05) is 42.5 Å². The van der Waals surface area contributed by atoms with Crippen LogP contribution in [0.25, 0.3) is 11.1 Å². The van der Waals surface area contributed by atoms with E-state index in [0.717, 1.165) is 22.3 Å². The smallest absolute Gasteiger partial charge is 0.305 e. The van der Waals surface area contributed by atoms with Gasteiger partial charge in [-0.2, -0.15) is 0 Å². The first-order valence-corrected chi connectivity index (χ1v) is 12.2. The fraction of sp³-hybridized carbons (Fsp3) is 0.219. The molecule has 2 atom stereocenters. The summed E-state index contributed by atoms with van der Waals surface area (Å²) in [6.45, 7) is 7.06. The molecule has 1 unspecified atom stereocenters. The van der Waals surface area contributed by atoms with Crippen LogP contribution in [-0.4, -0.2) is 16.0 Å². The molecule has 178 valence electrons. The van der Waals surface area contributed by atoms with E-state index in [1.165, 1.54) is 16.7 Å². The first-order valence-electron chi connectivity index (χ1n) is 12.2. The van der Waals surface area contributed by atoms with E-state index < -0.39 is 5.97 Å². The highest BCUT2D eigenvalue weighted by Crippen LogP contribution is 2.36. The first-order chi connectivity index (χ1) is 16.9. The van der Waals surface area contributed by atoms with E-state index in [2.05, 4.69) is 86.3 Å². The second-order valence-corrected chi connectivity index (χ2v) is 9.28. The molecule has 0 aromatic heterocycles. The van der Waals surface area contributed by atoms with Crippen LogP contribution in [0.4, 0.5) is 0 Å². The summed E-state index contributed by atoms with van der Waals surface area (Å²) in [5.41, 5.74) is 8.11. The van der Waals surface area contributed by atoms with Gasteiger partial charge < -0.3 is 5.11 Å². The Kier molecular flexibility index (Phi) is 7.79. The van der Waals surface area contributed by atoms with Crippen LogP contribution >= 0.6 is 0 Å². The van der Waals surface area contributed by atoms with E-state index in [-0.39, 0.29) is 18.5 Å². The number of aryl methyl sites for hydroxylation is 2. The number of hydrogen-bond acceptors (Lipinski definition) is 2. The predicted octanol–water partition coefficient (Wildman–Crippen LogP) is 7.75. The fourth-order valence-corrected chi connectivity index (χ4v) is 4.67. The lowest BCUT2D eigenvalue weighted by molar-refractivity contribution is -0.138. The minimum Gasteiger partial charge on any atom is -0.481 e. The maximum Gasteiger partial charge on any atom is 0.305 e. The van der Waals surface area contributed by atoms with Gasteiger partial charge in [-0.25, -0.2) is 0 Å². The molecular formula is C32H33NO2. The van der Waals surface area contributed by atoms with Crippen molar-refractivity contribution in [2.45, 2.75) is 45.8 Å². The average molecular weight is 464 g/mol. The highest BCUT2D eigenvalue weighted by molar-refractivity contribution is 5.69. The molecule has 4 aromatic carbocycles. The molecule has 0 heterocycles. The second-order valence-electron chi connectivity index (χ2n) is 9.28. The summed E-state index contributed by atoms with van der Waals surface area (Å²) in [6.07, 6.45) is 0.0282. The van der Waals surface area contributed by atoms with Crippen molar-refractivity contribution in [2.75, 3.05) is 0 Å². The summed E-state index contributed by atoms with van der Waals surface area (Å²) in [4.78, 5) is 14.4. The fourth-order valence-electron chi connectivity index (χ4n) is 4.67. The topological polar surface area (TPSA) is 40.5 Å². The number of aliphatic carboxylic acids is 1. The van der Waals surface area contributed by atoms with Gasteiger partial charge in [-0.15, -0.1) is 0 Å². The number of carbonyl (C=O) groups is 1. The Hall–Kier alpha value is -3.69. The maximum absolute atomic E-state index is 12.1. The van der Waals surface area contributed by atoms with Crippen LogP contribution < -0.4 is 0 Å². The summed E-state index contributed by atoms with van der Waals surface area (Å²) in [7, 11) is 0.